The number of hydrogen-bond donors (Lipinski definition) is 3. The van der Waals surface area contributed by atoms with E-state index >= 15 is 0 Å². The van der Waals surface area contributed by atoms with Gasteiger partial charge in [0, 0.05) is 0 Å². The van der Waals surface area contributed by atoms with Crippen LogP contribution in [0, 0.1) is 18.3 Å². The van der Waals surface area contributed by atoms with E-state index in [1.165, 1.54) is 19.1 Å². The van der Waals surface area contributed by atoms with Gasteiger partial charge in [-0.15, -0.1) is 6.42 Å². The number of hydrogen-bond acceptors (Lipinski definition) is 11. The number of carbonyl (C=O) groups excluding carboxylic acids is 1. The van der Waals surface area contributed by atoms with Crippen LogP contribution in [0.3, 0.4) is 0 Å². The third-order valence-electron chi connectivity index (χ3n) is 5.26. The van der Waals surface area contributed by atoms with Crippen LogP contribution in [-0.4, -0.2) is 62.2 Å². The minimum atomic E-state index is -4.54. The van der Waals surface area contributed by atoms with E-state index in [1.807, 2.05) is 4.98 Å². The lowest BCUT2D eigenvalue weighted by molar-refractivity contribution is -0.151. The smallest absolute Gasteiger partial charge is 0.380 e. The van der Waals surface area contributed by atoms with Crippen molar-refractivity contribution in [1.82, 2.24) is 14.5 Å². The molecule has 0 bridgehead atoms. The van der Waals surface area contributed by atoms with Crippen molar-refractivity contribution in [3.8, 4) is 18.1 Å². The van der Waals surface area contributed by atoms with Gasteiger partial charge in [0.2, 0.25) is 0 Å². The van der Waals surface area contributed by atoms with E-state index in [9.17, 15) is 24.1 Å². The first kappa shape index (κ1) is 25.4. The zero-order valence-electron chi connectivity index (χ0n) is 22.3. The molecule has 1 aromatic heterocycles. The fourth-order valence-corrected chi connectivity index (χ4v) is 5.13. The molecule has 2 heterocycles. The van der Waals surface area contributed by atoms with Gasteiger partial charge in [0.05, 0.1) is 27.5 Å². The quantitative estimate of drug-likeness (QED) is 0.216. The molecular weight excluding hydrogens is 507 g/mol. The first-order chi connectivity index (χ1) is 18.1. The number of nitrogens with one attached hydrogen (secondary N) is 1. The maximum Gasteiger partial charge on any atom is 0.380 e. The lowest BCUT2D eigenvalue weighted by Crippen LogP contribution is -2.55. The standard InChI is InChI=1S/C23H29N4O9P/c1-5-23(24)18(28)17(35-20(23)27-13-25-21(30)26-22(27)31)11-33-37(32,36-16-9-7-6-8-10-16)12-15(4)19(29)34-14(2)3/h1,6-10,13-15,17-18,20,28H,11-12,24H2,2-4H3,(H,26,30,31)/t15-,17-,18+,20-,23?,37+/m1/s1/i11D2. The predicted octanol–water partition coefficient (Wildman–Crippen LogP) is 0.397. The number of ether oxygens (including phenoxy) is 2. The zero-order chi connectivity index (χ0) is 29.2. The molecular formula is C23H29N4O9P. The first-order valence-electron chi connectivity index (χ1n) is 12.1. The van der Waals surface area contributed by atoms with E-state index in [4.69, 9.17) is 33.4 Å². The van der Waals surface area contributed by atoms with E-state index in [-0.39, 0.29) is 5.75 Å². The third kappa shape index (κ3) is 6.54. The molecule has 4 N–H and O–H groups in total. The Hall–Kier alpha value is -3.27. The van der Waals surface area contributed by atoms with Crippen molar-refractivity contribution in [2.24, 2.45) is 11.7 Å². The highest BCUT2D eigenvalue weighted by molar-refractivity contribution is 7.54. The predicted molar refractivity (Wildman–Crippen MR) is 131 cm³/mol. The highest BCUT2D eigenvalue weighted by Crippen LogP contribution is 2.51. The normalized spacial score (nSPS) is 26.9. The number of para-hydroxylation sites is 1. The molecule has 0 saturated carbocycles. The topological polar surface area (TPSA) is 185 Å². The van der Waals surface area contributed by atoms with Crippen LogP contribution in [0.2, 0.25) is 0 Å². The van der Waals surface area contributed by atoms with Gasteiger partial charge in [-0.2, -0.15) is 4.98 Å². The molecule has 13 nitrogen and oxygen atoms in total. The number of esters is 1. The summed E-state index contributed by atoms with van der Waals surface area (Å²) in [6.07, 6.45) is -0.536. The lowest BCUT2D eigenvalue weighted by atomic mass is 9.92. The molecule has 200 valence electrons. The minimum Gasteiger partial charge on any atom is -0.463 e. The molecule has 1 aliphatic rings. The van der Waals surface area contributed by atoms with Crippen LogP contribution in [0.4, 0.5) is 0 Å². The van der Waals surface area contributed by atoms with Crippen molar-refractivity contribution in [3.63, 3.8) is 0 Å². The summed E-state index contributed by atoms with van der Waals surface area (Å²) in [5.41, 5.74) is 1.91. The van der Waals surface area contributed by atoms with Crippen LogP contribution in [0.15, 0.2) is 46.2 Å². The van der Waals surface area contributed by atoms with Gasteiger partial charge >= 0.3 is 24.9 Å². The minimum absolute atomic E-state index is 0.0505. The van der Waals surface area contributed by atoms with Crippen molar-refractivity contribution in [3.05, 3.63) is 57.6 Å². The molecule has 1 unspecified atom stereocenters. The van der Waals surface area contributed by atoms with Crippen LogP contribution in [0.5, 0.6) is 5.75 Å². The highest BCUT2D eigenvalue weighted by atomic mass is 31.2. The molecule has 1 aromatic carbocycles. The molecule has 1 aliphatic heterocycles. The lowest BCUT2D eigenvalue weighted by Gasteiger charge is -2.27. The molecule has 0 radical (unpaired) electrons. The summed E-state index contributed by atoms with van der Waals surface area (Å²) in [5, 5.41) is 11.0. The van der Waals surface area contributed by atoms with Crippen molar-refractivity contribution >= 4 is 13.6 Å². The number of rotatable bonds is 10. The number of benzene rings is 1. The second-order valence-electron chi connectivity index (χ2n) is 8.61. The summed E-state index contributed by atoms with van der Waals surface area (Å²) in [4.78, 5) is 41.4. The average molecular weight is 538 g/mol. The molecule has 1 fully saturated rings. The summed E-state index contributed by atoms with van der Waals surface area (Å²) < 4.78 is 53.3. The van der Waals surface area contributed by atoms with Gasteiger partial charge < -0.3 is 24.8 Å². The molecule has 37 heavy (non-hydrogen) atoms. The Morgan fingerprint density at radius 3 is 2.68 bits per heavy atom. The molecule has 2 aromatic rings. The monoisotopic (exact) mass is 538 g/mol. The second kappa shape index (κ2) is 11.4. The van der Waals surface area contributed by atoms with Gasteiger partial charge in [0.15, 0.2) is 11.8 Å². The summed E-state index contributed by atoms with van der Waals surface area (Å²) in [6, 6.07) is 7.70. The largest absolute Gasteiger partial charge is 0.463 e. The van der Waals surface area contributed by atoms with Crippen LogP contribution in [-0.2, 0) is 23.4 Å². The fourth-order valence-electron chi connectivity index (χ4n) is 3.42. The Morgan fingerprint density at radius 2 is 2.08 bits per heavy atom. The maximum absolute atomic E-state index is 13.9. The Morgan fingerprint density at radius 1 is 1.41 bits per heavy atom. The number of nitrogens with zero attached hydrogens (tertiary/aromatic N) is 2. The maximum atomic E-state index is 13.9. The molecule has 3 rings (SSSR count). The molecule has 0 amide bonds. The van der Waals surface area contributed by atoms with Gasteiger partial charge in [-0.05, 0) is 26.0 Å². The van der Waals surface area contributed by atoms with Gasteiger partial charge in [-0.3, -0.25) is 18.9 Å². The van der Waals surface area contributed by atoms with E-state index in [0.717, 1.165) is 6.33 Å². The number of nitrogens with two attached hydrogens (primary N) is 1. The summed E-state index contributed by atoms with van der Waals surface area (Å²) >= 11 is 0. The van der Waals surface area contributed by atoms with Crippen molar-refractivity contribution < 1.29 is 35.7 Å². The fraction of sp³-hybridized carbons (Fsp3) is 0.478. The number of aliphatic hydroxyl groups is 1. The van der Waals surface area contributed by atoms with Gasteiger partial charge in [-0.25, -0.2) is 14.2 Å². The Bertz CT molecular complexity index is 1390. The number of terminal acetylenes is 1. The summed E-state index contributed by atoms with van der Waals surface area (Å²) in [7, 11) is -4.54. The number of carbonyl (C=O) groups is 1. The zero-order valence-corrected chi connectivity index (χ0v) is 21.2. The van der Waals surface area contributed by atoms with Gasteiger partial charge in [0.1, 0.15) is 24.3 Å². The van der Waals surface area contributed by atoms with E-state index in [1.54, 1.807) is 32.0 Å². The highest BCUT2D eigenvalue weighted by Gasteiger charge is 2.55. The van der Waals surface area contributed by atoms with Crippen molar-refractivity contribution in [1.29, 1.82) is 0 Å². The van der Waals surface area contributed by atoms with Gasteiger partial charge in [-0.1, -0.05) is 31.0 Å². The van der Waals surface area contributed by atoms with Crippen LogP contribution in [0.25, 0.3) is 0 Å². The molecule has 6 atom stereocenters. The van der Waals surface area contributed by atoms with E-state index in [0.29, 0.717) is 4.57 Å². The van der Waals surface area contributed by atoms with Crippen molar-refractivity contribution in [2.75, 3.05) is 12.7 Å². The number of aromatic amines is 1. The number of aromatic nitrogens is 3. The number of H-pyrrole nitrogens is 1. The summed E-state index contributed by atoms with van der Waals surface area (Å²) in [5.74, 6) is 0.369. The Kier molecular flexibility index (Phi) is 7.83. The molecule has 0 spiro atoms. The Balaban J connectivity index is 1.96. The van der Waals surface area contributed by atoms with Crippen molar-refractivity contribution in [2.45, 2.75) is 50.8 Å². The van der Waals surface area contributed by atoms with Crippen LogP contribution < -0.4 is 21.6 Å². The average Bonchev–Trinajstić information content (AvgIpc) is 3.10. The SMILES string of the molecule is [2H]C([2H])(O[P@@](=O)(C[C@@H](C)C(=O)OC(C)C)Oc1ccccc1)[C@H]1O[C@@H](n2cnc(=O)[nH]c2=O)C(N)(C#C)[C@H]1O. The van der Waals surface area contributed by atoms with E-state index < -0.39 is 73.7 Å². The van der Waals surface area contributed by atoms with E-state index in [2.05, 4.69) is 10.9 Å². The third-order valence-corrected chi connectivity index (χ3v) is 7.13. The molecule has 14 heteroatoms. The Labute approximate surface area is 215 Å². The number of aliphatic hydroxyl groups excluding tert-OH is 1. The first-order valence-corrected chi connectivity index (χ1v) is 12.9. The van der Waals surface area contributed by atoms with Gasteiger partial charge in [0.25, 0.3) is 0 Å². The second-order valence-corrected chi connectivity index (χ2v) is 10.6. The van der Waals surface area contributed by atoms with Crippen LogP contribution >= 0.6 is 7.60 Å². The molecule has 1 saturated heterocycles. The van der Waals surface area contributed by atoms with Crippen LogP contribution in [0.1, 0.15) is 29.7 Å². The summed E-state index contributed by atoms with van der Waals surface area (Å²) in [6.45, 7) is 1.55. The molecule has 0 aliphatic carbocycles.